The van der Waals surface area contributed by atoms with Crippen molar-refractivity contribution >= 4 is 40.5 Å². The summed E-state index contributed by atoms with van der Waals surface area (Å²) < 4.78 is 0. The highest BCUT2D eigenvalue weighted by atomic mass is 16.4. The Morgan fingerprint density at radius 1 is 1.21 bits per heavy atom. The zero-order valence-corrected chi connectivity index (χ0v) is 18.5. The Kier molecular flexibility index (Phi) is 6.58. The summed E-state index contributed by atoms with van der Waals surface area (Å²) in [5.41, 5.74) is 15.1. The lowest BCUT2D eigenvalue weighted by Gasteiger charge is -2.27. The van der Waals surface area contributed by atoms with E-state index >= 15 is 0 Å². The molecule has 1 unspecified atom stereocenters. The van der Waals surface area contributed by atoms with Crippen LogP contribution >= 0.6 is 0 Å². The fourth-order valence-electron chi connectivity index (χ4n) is 3.31. The molecule has 1 amide bonds. The Bertz CT molecular complexity index is 1320. The number of hydrogen-bond donors (Lipinski definition) is 5. The number of hydrogen-bond acceptors (Lipinski definition) is 10. The molecule has 3 rings (SSSR count). The average Bonchev–Trinajstić information content (AvgIpc) is 2.80. The zero-order valence-electron chi connectivity index (χ0n) is 18.5. The van der Waals surface area contributed by atoms with Gasteiger partial charge in [0, 0.05) is 24.7 Å². The average molecular weight is 468 g/mol. The van der Waals surface area contributed by atoms with E-state index in [1.54, 1.807) is 19.2 Å². The van der Waals surface area contributed by atoms with Gasteiger partial charge in [0.2, 0.25) is 11.9 Å². The van der Waals surface area contributed by atoms with Crippen molar-refractivity contribution in [2.75, 3.05) is 17.7 Å². The Morgan fingerprint density at radius 2 is 1.85 bits per heavy atom. The number of aromatic nitrogens is 4. The van der Waals surface area contributed by atoms with Gasteiger partial charge in [-0.05, 0) is 37.6 Å². The highest BCUT2D eigenvalue weighted by molar-refractivity contribution is 6.16. The number of carboxylic acids is 1. The summed E-state index contributed by atoms with van der Waals surface area (Å²) in [5.74, 6) is -3.20. The fraction of sp³-hybridized carbons (Fsp3) is 0.286. The minimum atomic E-state index is -2.28. The third-order valence-electron chi connectivity index (χ3n) is 5.55. The molecular formula is C21H24N8O5. The van der Waals surface area contributed by atoms with E-state index in [4.69, 9.17) is 17.2 Å². The molecule has 2 atom stereocenters. The minimum Gasteiger partial charge on any atom is -0.480 e. The molecule has 34 heavy (non-hydrogen) atoms. The molecule has 0 bridgehead atoms. The van der Waals surface area contributed by atoms with Crippen molar-refractivity contribution < 1.29 is 19.5 Å². The molecule has 13 heteroatoms. The number of amides is 1. The Hall–Kier alpha value is -4.39. The van der Waals surface area contributed by atoms with E-state index in [0.29, 0.717) is 11.4 Å². The predicted octanol–water partition coefficient (Wildman–Crippen LogP) is -0.277. The molecule has 2 aromatic heterocycles. The minimum absolute atomic E-state index is 0.0526. The number of carbonyl (C=O) groups excluding carboxylic acids is 2. The summed E-state index contributed by atoms with van der Waals surface area (Å²) in [4.78, 5) is 64.3. The van der Waals surface area contributed by atoms with E-state index < -0.39 is 35.2 Å². The number of nitrogens with two attached hydrogens (primary N) is 3. The number of aromatic amines is 1. The number of carboxylic acid groups (broad SMARTS) is 1. The number of benzene rings is 1. The van der Waals surface area contributed by atoms with Crippen LogP contribution < -0.4 is 27.7 Å². The second kappa shape index (κ2) is 9.23. The van der Waals surface area contributed by atoms with Gasteiger partial charge in [-0.2, -0.15) is 4.98 Å². The molecule has 178 valence electrons. The van der Waals surface area contributed by atoms with Crippen LogP contribution in [0.2, 0.25) is 0 Å². The first-order valence-electron chi connectivity index (χ1n) is 10.1. The number of aliphatic carboxylic acids is 1. The van der Waals surface area contributed by atoms with Gasteiger partial charge in [0.1, 0.15) is 0 Å². The standard InChI is InChI=1S/C21H24N8O5/c1-10(13-9-25-17-15(26-13)18(32)28-20(23)27-17)29(2)12-5-3-11(4-6-12)16(31)21(24,19(33)34)8-7-14(22)30/h3-6,9-10H,7-8,24H2,1-2H3,(H2,22,30)(H,33,34)(H3,23,25,27,28,32)/t10?,21-/m1/s1. The van der Waals surface area contributed by atoms with Gasteiger partial charge >= 0.3 is 5.97 Å². The maximum atomic E-state index is 12.8. The van der Waals surface area contributed by atoms with Crippen molar-refractivity contribution in [3.8, 4) is 0 Å². The summed E-state index contributed by atoms with van der Waals surface area (Å²) in [7, 11) is 1.77. The predicted molar refractivity (Wildman–Crippen MR) is 123 cm³/mol. The summed E-state index contributed by atoms with van der Waals surface area (Å²) in [6.45, 7) is 1.84. The van der Waals surface area contributed by atoms with Crippen LogP contribution in [0.4, 0.5) is 11.6 Å². The highest BCUT2D eigenvalue weighted by Gasteiger charge is 2.42. The van der Waals surface area contributed by atoms with E-state index in [-0.39, 0.29) is 35.1 Å². The third-order valence-corrected chi connectivity index (χ3v) is 5.55. The van der Waals surface area contributed by atoms with Gasteiger partial charge < -0.3 is 27.2 Å². The number of nitrogens with one attached hydrogen (secondary N) is 1. The van der Waals surface area contributed by atoms with Crippen LogP contribution in [0.15, 0.2) is 35.3 Å². The number of Topliss-reactive ketones (excluding diaryl/α,β-unsaturated/α-hetero) is 1. The van der Waals surface area contributed by atoms with Crippen LogP contribution in [0.5, 0.6) is 0 Å². The first-order chi connectivity index (χ1) is 15.9. The number of primary amides is 1. The quantitative estimate of drug-likeness (QED) is 0.203. The maximum absolute atomic E-state index is 12.8. The topological polar surface area (TPSA) is 224 Å². The van der Waals surface area contributed by atoms with Gasteiger partial charge in [0.25, 0.3) is 5.56 Å². The molecule has 0 saturated heterocycles. The molecule has 0 spiro atoms. The lowest BCUT2D eigenvalue weighted by Crippen LogP contribution is -2.55. The SMILES string of the molecule is CC(c1cnc2nc(N)[nH]c(=O)c2n1)N(C)c1ccc(C(=O)[C@](N)(CCC(N)=O)C(=O)O)cc1. The number of nitrogen functional groups attached to an aromatic ring is 1. The van der Waals surface area contributed by atoms with E-state index in [9.17, 15) is 24.3 Å². The molecule has 0 fully saturated rings. The first kappa shape index (κ1) is 24.3. The van der Waals surface area contributed by atoms with Gasteiger partial charge in [0.15, 0.2) is 22.5 Å². The number of H-pyrrole nitrogens is 1. The molecule has 3 aromatic rings. The van der Waals surface area contributed by atoms with E-state index in [1.807, 2.05) is 11.8 Å². The fourth-order valence-corrected chi connectivity index (χ4v) is 3.31. The smallest absolute Gasteiger partial charge is 0.331 e. The normalized spacial score (nSPS) is 13.7. The molecule has 8 N–H and O–H groups in total. The number of anilines is 2. The maximum Gasteiger partial charge on any atom is 0.331 e. The largest absolute Gasteiger partial charge is 0.480 e. The second-order valence-corrected chi connectivity index (χ2v) is 7.82. The van der Waals surface area contributed by atoms with Crippen LogP contribution in [0.3, 0.4) is 0 Å². The molecular weight excluding hydrogens is 444 g/mol. The number of carbonyl (C=O) groups is 3. The third kappa shape index (κ3) is 4.68. The Labute approximate surface area is 193 Å². The van der Waals surface area contributed by atoms with Crippen molar-refractivity contribution in [1.29, 1.82) is 0 Å². The Balaban J connectivity index is 1.84. The number of nitrogens with zero attached hydrogens (tertiary/aromatic N) is 4. The summed E-state index contributed by atoms with van der Waals surface area (Å²) >= 11 is 0. The molecule has 2 heterocycles. The van der Waals surface area contributed by atoms with Gasteiger partial charge in [-0.25, -0.2) is 14.8 Å². The van der Waals surface area contributed by atoms with E-state index in [1.165, 1.54) is 18.3 Å². The van der Waals surface area contributed by atoms with Crippen LogP contribution in [0, 0.1) is 0 Å². The van der Waals surface area contributed by atoms with Crippen LogP contribution in [-0.4, -0.2) is 55.3 Å². The molecule has 1 aromatic carbocycles. The van der Waals surface area contributed by atoms with Crippen molar-refractivity contribution in [3.05, 3.63) is 52.1 Å². The summed E-state index contributed by atoms with van der Waals surface area (Å²) in [6, 6.07) is 5.78. The molecule has 0 aliphatic heterocycles. The number of rotatable bonds is 9. The van der Waals surface area contributed by atoms with Crippen molar-refractivity contribution in [3.63, 3.8) is 0 Å². The first-order valence-corrected chi connectivity index (χ1v) is 10.1. The lowest BCUT2D eigenvalue weighted by molar-refractivity contribution is -0.141. The van der Waals surface area contributed by atoms with Gasteiger partial charge in [-0.15, -0.1) is 0 Å². The van der Waals surface area contributed by atoms with Crippen molar-refractivity contribution in [2.24, 2.45) is 11.5 Å². The van der Waals surface area contributed by atoms with Gasteiger partial charge in [-0.3, -0.25) is 19.4 Å². The number of fused-ring (bicyclic) bond motifs is 1. The van der Waals surface area contributed by atoms with E-state index in [0.717, 1.165) is 0 Å². The van der Waals surface area contributed by atoms with Crippen LogP contribution in [-0.2, 0) is 9.59 Å². The Morgan fingerprint density at radius 3 is 2.44 bits per heavy atom. The molecule has 13 nitrogen and oxygen atoms in total. The number of ketones is 1. The monoisotopic (exact) mass is 468 g/mol. The molecule has 0 aliphatic carbocycles. The molecule has 0 aliphatic rings. The second-order valence-electron chi connectivity index (χ2n) is 7.82. The zero-order chi connectivity index (χ0) is 25.2. The van der Waals surface area contributed by atoms with Crippen molar-refractivity contribution in [1.82, 2.24) is 19.9 Å². The molecule has 0 saturated carbocycles. The van der Waals surface area contributed by atoms with Gasteiger partial charge in [-0.1, -0.05) is 0 Å². The summed E-state index contributed by atoms with van der Waals surface area (Å²) in [6.07, 6.45) is 0.724. The molecule has 0 radical (unpaired) electrons. The highest BCUT2D eigenvalue weighted by Crippen LogP contribution is 2.26. The lowest BCUT2D eigenvalue weighted by atomic mass is 9.85. The van der Waals surface area contributed by atoms with Crippen molar-refractivity contribution in [2.45, 2.75) is 31.3 Å². The van der Waals surface area contributed by atoms with Crippen LogP contribution in [0.25, 0.3) is 11.2 Å². The van der Waals surface area contributed by atoms with Crippen LogP contribution in [0.1, 0.15) is 41.9 Å². The summed E-state index contributed by atoms with van der Waals surface area (Å²) in [5, 5.41) is 9.47. The van der Waals surface area contributed by atoms with Gasteiger partial charge in [0.05, 0.1) is 17.9 Å². The van der Waals surface area contributed by atoms with E-state index in [2.05, 4.69) is 19.9 Å².